The topological polar surface area (TPSA) is 49.4 Å². The lowest BCUT2D eigenvalue weighted by Gasteiger charge is -2.40. The van der Waals surface area contributed by atoms with Crippen molar-refractivity contribution in [2.24, 2.45) is 0 Å². The van der Waals surface area contributed by atoms with E-state index >= 15 is 0 Å². The Morgan fingerprint density at radius 2 is 2.11 bits per heavy atom. The first-order valence-electron chi connectivity index (χ1n) is 6.73. The fourth-order valence-corrected chi connectivity index (χ4v) is 3.79. The molecule has 1 saturated heterocycles. The minimum atomic E-state index is -0.318. The molecule has 0 aromatic heterocycles. The van der Waals surface area contributed by atoms with Crippen LogP contribution < -0.4 is 5.32 Å². The lowest BCUT2D eigenvalue weighted by molar-refractivity contribution is -0.151. The summed E-state index contributed by atoms with van der Waals surface area (Å²) in [5.41, 5.74) is 0. The van der Waals surface area contributed by atoms with E-state index in [0.29, 0.717) is 11.7 Å². The van der Waals surface area contributed by atoms with Crippen molar-refractivity contribution in [3.05, 3.63) is 0 Å². The molecule has 4 atom stereocenters. The van der Waals surface area contributed by atoms with Crippen molar-refractivity contribution in [3.63, 3.8) is 0 Å². The summed E-state index contributed by atoms with van der Waals surface area (Å²) in [7, 11) is 0. The number of nitrogens with one attached hydrogen (secondary N) is 1. The Morgan fingerprint density at radius 3 is 2.67 bits per heavy atom. The van der Waals surface area contributed by atoms with Crippen LogP contribution in [0.25, 0.3) is 0 Å². The minimum absolute atomic E-state index is 0.00551. The maximum Gasteiger partial charge on any atom is 0.246 e. The predicted octanol–water partition coefficient (Wildman–Crippen LogP) is 1.40. The molecule has 2 fully saturated rings. The van der Waals surface area contributed by atoms with Crippen molar-refractivity contribution >= 4 is 23.6 Å². The van der Waals surface area contributed by atoms with Gasteiger partial charge in [0.1, 0.15) is 12.1 Å². The number of hydrogen-bond acceptors (Lipinski definition) is 3. The molecular weight excluding hydrogens is 248 g/mol. The van der Waals surface area contributed by atoms with Gasteiger partial charge in [0.05, 0.1) is 0 Å². The van der Waals surface area contributed by atoms with Crippen molar-refractivity contribution in [2.75, 3.05) is 6.26 Å². The molecule has 2 rings (SSSR count). The Morgan fingerprint density at radius 1 is 1.39 bits per heavy atom. The van der Waals surface area contributed by atoms with E-state index in [4.69, 9.17) is 0 Å². The molecule has 4 unspecified atom stereocenters. The molecule has 18 heavy (non-hydrogen) atoms. The lowest BCUT2D eigenvalue weighted by atomic mass is 10.0. The lowest BCUT2D eigenvalue weighted by Crippen LogP contribution is -2.64. The Hall–Kier alpha value is -0.710. The Kier molecular flexibility index (Phi) is 4.20. The third-order valence-electron chi connectivity index (χ3n) is 4.16. The number of nitrogens with zero attached hydrogens (tertiary/aromatic N) is 1. The fraction of sp³-hybridized carbons (Fsp3) is 0.846. The second-order valence-corrected chi connectivity index (χ2v) is 6.35. The van der Waals surface area contributed by atoms with Gasteiger partial charge in [-0.2, -0.15) is 11.8 Å². The molecule has 0 aromatic rings. The van der Waals surface area contributed by atoms with E-state index < -0.39 is 0 Å². The highest BCUT2D eigenvalue weighted by atomic mass is 32.2. The molecule has 0 spiro atoms. The van der Waals surface area contributed by atoms with Crippen molar-refractivity contribution in [1.29, 1.82) is 0 Å². The van der Waals surface area contributed by atoms with E-state index in [0.717, 1.165) is 19.3 Å². The highest BCUT2D eigenvalue weighted by Gasteiger charge is 2.42. The molecule has 0 radical (unpaired) electrons. The molecule has 1 heterocycles. The highest BCUT2D eigenvalue weighted by molar-refractivity contribution is 7.99. The third kappa shape index (κ3) is 2.37. The average Bonchev–Trinajstić information content (AvgIpc) is 2.82. The molecule has 5 heteroatoms. The van der Waals surface area contributed by atoms with E-state index in [1.807, 2.05) is 30.5 Å². The number of rotatable bonds is 3. The largest absolute Gasteiger partial charge is 0.343 e. The van der Waals surface area contributed by atoms with E-state index in [-0.39, 0.29) is 29.9 Å². The molecule has 1 N–H and O–H groups in total. The van der Waals surface area contributed by atoms with Crippen LogP contribution >= 0.6 is 11.8 Å². The maximum atomic E-state index is 12.4. The molecule has 0 bridgehead atoms. The molecule has 1 aliphatic heterocycles. The highest BCUT2D eigenvalue weighted by Crippen LogP contribution is 2.33. The number of piperazine rings is 1. The molecule has 4 nitrogen and oxygen atoms in total. The van der Waals surface area contributed by atoms with Gasteiger partial charge >= 0.3 is 0 Å². The van der Waals surface area contributed by atoms with Gasteiger partial charge in [-0.1, -0.05) is 6.92 Å². The second-order valence-electron chi connectivity index (χ2n) is 5.22. The molecule has 102 valence electrons. The smallest absolute Gasteiger partial charge is 0.246 e. The normalized spacial score (nSPS) is 36.9. The van der Waals surface area contributed by atoms with Gasteiger partial charge in [-0.15, -0.1) is 0 Å². The van der Waals surface area contributed by atoms with Crippen LogP contribution in [-0.2, 0) is 9.59 Å². The van der Waals surface area contributed by atoms with Crippen LogP contribution in [0, 0.1) is 0 Å². The van der Waals surface area contributed by atoms with Gasteiger partial charge in [0.15, 0.2) is 0 Å². The summed E-state index contributed by atoms with van der Waals surface area (Å²) in [6.45, 7) is 3.78. The maximum absolute atomic E-state index is 12.4. The summed E-state index contributed by atoms with van der Waals surface area (Å²) < 4.78 is 0. The van der Waals surface area contributed by atoms with Crippen LogP contribution in [0.5, 0.6) is 0 Å². The SMILES string of the molecule is CCC1NC(=O)C(C)N(C2CCC(SC)C2)C1=O. The van der Waals surface area contributed by atoms with E-state index in [1.54, 1.807) is 0 Å². The van der Waals surface area contributed by atoms with Gasteiger partial charge in [-0.25, -0.2) is 0 Å². The van der Waals surface area contributed by atoms with Crippen molar-refractivity contribution < 1.29 is 9.59 Å². The van der Waals surface area contributed by atoms with Gasteiger partial charge in [0.25, 0.3) is 0 Å². The quantitative estimate of drug-likeness (QED) is 0.843. The van der Waals surface area contributed by atoms with Gasteiger partial charge in [0, 0.05) is 11.3 Å². The Labute approximate surface area is 113 Å². The van der Waals surface area contributed by atoms with Gasteiger partial charge in [-0.3, -0.25) is 9.59 Å². The van der Waals surface area contributed by atoms with Crippen molar-refractivity contribution in [1.82, 2.24) is 10.2 Å². The third-order valence-corrected chi connectivity index (χ3v) is 5.25. The fourth-order valence-electron chi connectivity index (χ4n) is 3.01. The van der Waals surface area contributed by atoms with Crippen LogP contribution in [0.3, 0.4) is 0 Å². The summed E-state index contributed by atoms with van der Waals surface area (Å²) >= 11 is 1.87. The molecule has 2 aliphatic rings. The Balaban J connectivity index is 2.13. The van der Waals surface area contributed by atoms with Gasteiger partial charge in [-0.05, 0) is 38.9 Å². The second kappa shape index (κ2) is 5.51. The zero-order chi connectivity index (χ0) is 13.3. The van der Waals surface area contributed by atoms with Crippen molar-refractivity contribution in [3.8, 4) is 0 Å². The predicted molar refractivity (Wildman–Crippen MR) is 73.5 cm³/mol. The molecule has 1 saturated carbocycles. The summed E-state index contributed by atoms with van der Waals surface area (Å²) in [4.78, 5) is 26.2. The first kappa shape index (κ1) is 13.7. The summed E-state index contributed by atoms with van der Waals surface area (Å²) in [6, 6.07) is -0.377. The van der Waals surface area contributed by atoms with Crippen LogP contribution in [-0.4, -0.2) is 46.3 Å². The zero-order valence-electron chi connectivity index (χ0n) is 11.3. The number of thioether (sulfide) groups is 1. The van der Waals surface area contributed by atoms with Gasteiger partial charge < -0.3 is 10.2 Å². The van der Waals surface area contributed by atoms with E-state index in [2.05, 4.69) is 11.6 Å². The molecular formula is C13H22N2O2S. The molecule has 1 aliphatic carbocycles. The standard InChI is InChI=1S/C13H22N2O2S/c1-4-11-13(17)15(8(2)12(16)14-11)9-5-6-10(7-9)18-3/h8-11H,4-7H2,1-3H3,(H,14,16). The summed E-state index contributed by atoms with van der Waals surface area (Å²) in [5.74, 6) is 0.102. The van der Waals surface area contributed by atoms with Crippen LogP contribution in [0.15, 0.2) is 0 Å². The average molecular weight is 270 g/mol. The first-order chi connectivity index (χ1) is 8.58. The summed E-state index contributed by atoms with van der Waals surface area (Å²) in [5, 5.41) is 3.45. The number of carbonyl (C=O) groups excluding carboxylic acids is 2. The minimum Gasteiger partial charge on any atom is -0.343 e. The zero-order valence-corrected chi connectivity index (χ0v) is 12.1. The first-order valence-corrected chi connectivity index (χ1v) is 8.02. The number of amides is 2. The van der Waals surface area contributed by atoms with E-state index in [1.165, 1.54) is 0 Å². The number of hydrogen-bond donors (Lipinski definition) is 1. The molecule has 2 amide bonds. The monoisotopic (exact) mass is 270 g/mol. The number of carbonyl (C=O) groups is 2. The van der Waals surface area contributed by atoms with Gasteiger partial charge in [0.2, 0.25) is 11.8 Å². The van der Waals surface area contributed by atoms with Crippen LogP contribution in [0.2, 0.25) is 0 Å². The molecule has 0 aromatic carbocycles. The Bertz CT molecular complexity index is 348. The van der Waals surface area contributed by atoms with Crippen LogP contribution in [0.1, 0.15) is 39.5 Å². The van der Waals surface area contributed by atoms with E-state index in [9.17, 15) is 9.59 Å². The van der Waals surface area contributed by atoms with Crippen molar-refractivity contribution in [2.45, 2.75) is 62.9 Å². The van der Waals surface area contributed by atoms with Crippen LogP contribution in [0.4, 0.5) is 0 Å². The summed E-state index contributed by atoms with van der Waals surface area (Å²) in [6.07, 6.45) is 6.01.